The fourth-order valence-corrected chi connectivity index (χ4v) is 4.60. The van der Waals surface area contributed by atoms with Gasteiger partial charge in [0.15, 0.2) is 0 Å². The van der Waals surface area contributed by atoms with Crippen LogP contribution in [0.25, 0.3) is 16.6 Å². The highest BCUT2D eigenvalue weighted by Gasteiger charge is 2.31. The lowest BCUT2D eigenvalue weighted by Crippen LogP contribution is -2.38. The molecule has 4 rings (SSSR count). The van der Waals surface area contributed by atoms with Crippen LogP contribution < -0.4 is 10.3 Å². The third-order valence-corrected chi connectivity index (χ3v) is 6.34. The fraction of sp³-hybridized carbons (Fsp3) is 0.400. The Hall–Kier alpha value is -3.15. The molecule has 6 nitrogen and oxygen atoms in total. The molecule has 1 aromatic heterocycles. The first kappa shape index (κ1) is 21.1. The van der Waals surface area contributed by atoms with E-state index in [-0.39, 0.29) is 23.4 Å². The summed E-state index contributed by atoms with van der Waals surface area (Å²) in [5.41, 5.74) is 1.22. The van der Waals surface area contributed by atoms with Gasteiger partial charge in [-0.3, -0.25) is 14.2 Å². The van der Waals surface area contributed by atoms with E-state index in [1.165, 1.54) is 0 Å². The van der Waals surface area contributed by atoms with Crippen LogP contribution in [0.3, 0.4) is 0 Å². The van der Waals surface area contributed by atoms with Crippen molar-refractivity contribution in [2.75, 3.05) is 14.2 Å². The van der Waals surface area contributed by atoms with Gasteiger partial charge in [0.1, 0.15) is 11.6 Å². The van der Waals surface area contributed by atoms with Gasteiger partial charge in [-0.2, -0.15) is 0 Å². The number of para-hydroxylation sites is 1. The molecule has 6 heteroatoms. The van der Waals surface area contributed by atoms with Crippen LogP contribution in [0.4, 0.5) is 0 Å². The number of nitrogens with zero attached hydrogens (tertiary/aromatic N) is 3. The molecule has 1 fully saturated rings. The Morgan fingerprint density at radius 2 is 1.84 bits per heavy atom. The first-order chi connectivity index (χ1) is 15.0. The molecule has 0 saturated heterocycles. The molecular weight excluding hydrogens is 390 g/mol. The van der Waals surface area contributed by atoms with Gasteiger partial charge >= 0.3 is 0 Å². The van der Waals surface area contributed by atoms with Crippen molar-refractivity contribution in [3.63, 3.8) is 0 Å². The Balaban J connectivity index is 1.87. The molecule has 2 aromatic carbocycles. The summed E-state index contributed by atoms with van der Waals surface area (Å²) in [6.45, 7) is 2.03. The Morgan fingerprint density at radius 3 is 2.48 bits per heavy atom. The third kappa shape index (κ3) is 3.94. The Bertz CT molecular complexity index is 1130. The number of amides is 1. The molecule has 1 heterocycles. The SMILES string of the molecule is CCC(c1nc2ccccc2c(=O)n1-c1ccc(OC)cc1)N(C)C(=O)C1CCCC1. The number of carbonyl (C=O) groups is 1. The lowest BCUT2D eigenvalue weighted by atomic mass is 10.0. The van der Waals surface area contributed by atoms with Crippen LogP contribution in [0, 0.1) is 5.92 Å². The number of hydrogen-bond donors (Lipinski definition) is 0. The van der Waals surface area contributed by atoms with Crippen molar-refractivity contribution in [2.45, 2.75) is 45.1 Å². The Kier molecular flexibility index (Phi) is 6.07. The summed E-state index contributed by atoms with van der Waals surface area (Å²) in [4.78, 5) is 33.4. The van der Waals surface area contributed by atoms with Gasteiger partial charge in [0.05, 0.1) is 29.7 Å². The lowest BCUT2D eigenvalue weighted by Gasteiger charge is -2.31. The maximum Gasteiger partial charge on any atom is 0.266 e. The molecule has 1 amide bonds. The van der Waals surface area contributed by atoms with Crippen molar-refractivity contribution in [1.82, 2.24) is 14.5 Å². The second-order valence-corrected chi connectivity index (χ2v) is 8.18. The van der Waals surface area contributed by atoms with Crippen LogP contribution in [-0.4, -0.2) is 34.5 Å². The number of carbonyl (C=O) groups excluding carboxylic acids is 1. The molecule has 1 saturated carbocycles. The molecule has 1 unspecified atom stereocenters. The highest BCUT2D eigenvalue weighted by molar-refractivity contribution is 5.80. The molecular formula is C25H29N3O3. The largest absolute Gasteiger partial charge is 0.497 e. The van der Waals surface area contributed by atoms with E-state index in [1.54, 1.807) is 22.6 Å². The van der Waals surface area contributed by atoms with Gasteiger partial charge in [-0.05, 0) is 55.7 Å². The zero-order chi connectivity index (χ0) is 22.0. The molecule has 0 radical (unpaired) electrons. The van der Waals surface area contributed by atoms with Crippen LogP contribution in [0.5, 0.6) is 5.75 Å². The summed E-state index contributed by atoms with van der Waals surface area (Å²) < 4.78 is 6.92. The Morgan fingerprint density at radius 1 is 1.16 bits per heavy atom. The van der Waals surface area contributed by atoms with Gasteiger partial charge in [-0.15, -0.1) is 0 Å². The third-order valence-electron chi connectivity index (χ3n) is 6.34. The maximum atomic E-state index is 13.6. The minimum absolute atomic E-state index is 0.0701. The maximum absolute atomic E-state index is 13.6. The number of methoxy groups -OCH3 is 1. The molecule has 0 aliphatic heterocycles. The van der Waals surface area contributed by atoms with Crippen molar-refractivity contribution >= 4 is 16.8 Å². The first-order valence-electron chi connectivity index (χ1n) is 11.0. The van der Waals surface area contributed by atoms with E-state index in [9.17, 15) is 9.59 Å². The fourth-order valence-electron chi connectivity index (χ4n) is 4.60. The molecule has 1 aliphatic carbocycles. The monoisotopic (exact) mass is 419 g/mol. The van der Waals surface area contributed by atoms with Crippen molar-refractivity contribution in [2.24, 2.45) is 5.92 Å². The molecule has 1 atom stereocenters. The van der Waals surface area contributed by atoms with E-state index >= 15 is 0 Å². The summed E-state index contributed by atoms with van der Waals surface area (Å²) in [5, 5.41) is 0.557. The van der Waals surface area contributed by atoms with Crippen molar-refractivity contribution in [1.29, 1.82) is 0 Å². The molecule has 162 valence electrons. The van der Waals surface area contributed by atoms with Crippen LogP contribution in [0.15, 0.2) is 53.3 Å². The predicted octanol–water partition coefficient (Wildman–Crippen LogP) is 4.49. The smallest absolute Gasteiger partial charge is 0.266 e. The second kappa shape index (κ2) is 8.92. The zero-order valence-corrected chi connectivity index (χ0v) is 18.4. The summed E-state index contributed by atoms with van der Waals surface area (Å²) in [6, 6.07) is 14.4. The topological polar surface area (TPSA) is 64.4 Å². The van der Waals surface area contributed by atoms with E-state index in [2.05, 4.69) is 0 Å². The van der Waals surface area contributed by atoms with Crippen molar-refractivity contribution in [3.05, 3.63) is 64.7 Å². The molecule has 0 spiro atoms. The highest BCUT2D eigenvalue weighted by Crippen LogP contribution is 2.31. The summed E-state index contributed by atoms with van der Waals surface area (Å²) in [5.74, 6) is 1.52. The number of fused-ring (bicyclic) bond motifs is 1. The van der Waals surface area contributed by atoms with E-state index in [0.29, 0.717) is 34.6 Å². The zero-order valence-electron chi connectivity index (χ0n) is 18.4. The normalized spacial score (nSPS) is 15.2. The summed E-state index contributed by atoms with van der Waals surface area (Å²) in [7, 11) is 3.45. The van der Waals surface area contributed by atoms with Gasteiger partial charge in [0, 0.05) is 13.0 Å². The van der Waals surface area contributed by atoms with E-state index in [0.717, 1.165) is 25.7 Å². The van der Waals surface area contributed by atoms with E-state index < -0.39 is 0 Å². The number of benzene rings is 2. The molecule has 0 bridgehead atoms. The Labute approximate surface area is 182 Å². The minimum atomic E-state index is -0.299. The number of aromatic nitrogens is 2. The van der Waals surface area contributed by atoms with Crippen molar-refractivity contribution in [3.8, 4) is 11.4 Å². The predicted molar refractivity (Wildman–Crippen MR) is 122 cm³/mol. The number of ether oxygens (including phenoxy) is 1. The lowest BCUT2D eigenvalue weighted by molar-refractivity contribution is -0.136. The van der Waals surface area contributed by atoms with Crippen LogP contribution >= 0.6 is 0 Å². The van der Waals surface area contributed by atoms with Crippen LogP contribution in [0.2, 0.25) is 0 Å². The van der Waals surface area contributed by atoms with E-state index in [4.69, 9.17) is 9.72 Å². The van der Waals surface area contributed by atoms with Crippen LogP contribution in [-0.2, 0) is 4.79 Å². The van der Waals surface area contributed by atoms with Gasteiger partial charge in [0.2, 0.25) is 5.91 Å². The molecule has 0 N–H and O–H groups in total. The van der Waals surface area contributed by atoms with Gasteiger partial charge in [-0.1, -0.05) is 31.9 Å². The summed E-state index contributed by atoms with van der Waals surface area (Å²) in [6.07, 6.45) is 4.75. The van der Waals surface area contributed by atoms with E-state index in [1.807, 2.05) is 56.4 Å². The molecule has 3 aromatic rings. The molecule has 1 aliphatic rings. The second-order valence-electron chi connectivity index (χ2n) is 8.18. The average Bonchev–Trinajstić information content (AvgIpc) is 3.34. The number of hydrogen-bond acceptors (Lipinski definition) is 4. The minimum Gasteiger partial charge on any atom is -0.497 e. The first-order valence-corrected chi connectivity index (χ1v) is 11.0. The molecule has 31 heavy (non-hydrogen) atoms. The van der Waals surface area contributed by atoms with Gasteiger partial charge in [0.25, 0.3) is 5.56 Å². The standard InChI is InChI=1S/C25H29N3O3/c1-4-22(27(2)24(29)17-9-5-6-10-17)23-26-21-12-8-7-11-20(21)25(30)28(23)18-13-15-19(31-3)16-14-18/h7-8,11-17,22H,4-6,9-10H2,1-3H3. The summed E-state index contributed by atoms with van der Waals surface area (Å²) >= 11 is 0. The van der Waals surface area contributed by atoms with Gasteiger partial charge in [-0.25, -0.2) is 4.98 Å². The quantitative estimate of drug-likeness (QED) is 0.590. The highest BCUT2D eigenvalue weighted by atomic mass is 16.5. The number of rotatable bonds is 6. The average molecular weight is 420 g/mol. The van der Waals surface area contributed by atoms with Crippen LogP contribution in [0.1, 0.15) is 50.9 Å². The van der Waals surface area contributed by atoms with Crippen molar-refractivity contribution < 1.29 is 9.53 Å². The van der Waals surface area contributed by atoms with Gasteiger partial charge < -0.3 is 9.64 Å².